The number of carbonyl (C=O) groups is 1. The topological polar surface area (TPSA) is 67.2 Å². The minimum atomic E-state index is -0.289. The number of hydrazone groups is 1. The fourth-order valence-corrected chi connectivity index (χ4v) is 4.59. The molecule has 3 aromatic rings. The molecule has 1 aromatic heterocycles. The zero-order valence-corrected chi connectivity index (χ0v) is 18.2. The van der Waals surface area contributed by atoms with Gasteiger partial charge in [0.25, 0.3) is 5.91 Å². The van der Waals surface area contributed by atoms with Crippen LogP contribution in [-0.4, -0.2) is 21.8 Å². The molecule has 1 amide bonds. The van der Waals surface area contributed by atoms with E-state index in [-0.39, 0.29) is 5.91 Å². The van der Waals surface area contributed by atoms with Crippen LogP contribution in [0.3, 0.4) is 0 Å². The Morgan fingerprint density at radius 3 is 2.57 bits per heavy atom. The van der Waals surface area contributed by atoms with E-state index in [4.69, 9.17) is 23.2 Å². The second-order valence-electron chi connectivity index (χ2n) is 5.83. The van der Waals surface area contributed by atoms with E-state index in [9.17, 15) is 4.79 Å². The van der Waals surface area contributed by atoms with Crippen LogP contribution in [0.5, 0.6) is 0 Å². The summed E-state index contributed by atoms with van der Waals surface area (Å²) >= 11 is 15.3. The number of nitrogens with zero attached hydrogens (tertiary/aromatic N) is 3. The predicted molar refractivity (Wildman–Crippen MR) is 117 cm³/mol. The van der Waals surface area contributed by atoms with Gasteiger partial charge in [-0.25, -0.2) is 5.43 Å². The van der Waals surface area contributed by atoms with E-state index < -0.39 is 0 Å². The summed E-state index contributed by atoms with van der Waals surface area (Å²) in [6, 6.07) is 12.5. The van der Waals surface area contributed by atoms with Crippen LogP contribution in [0, 0.1) is 6.92 Å². The van der Waals surface area contributed by atoms with Gasteiger partial charge in [-0.1, -0.05) is 64.5 Å². The van der Waals surface area contributed by atoms with E-state index in [0.717, 1.165) is 20.7 Å². The molecule has 0 fully saturated rings. The SMILES string of the molecule is CC(=NNC(=O)c1ccc(CSc2nnc(C)s2)cc1)c1ccc(Cl)cc1Cl. The zero-order valence-electron chi connectivity index (χ0n) is 15.1. The van der Waals surface area contributed by atoms with Crippen LogP contribution in [0.15, 0.2) is 51.9 Å². The van der Waals surface area contributed by atoms with Crippen LogP contribution in [0.1, 0.15) is 33.4 Å². The fourth-order valence-electron chi connectivity index (χ4n) is 2.28. The van der Waals surface area contributed by atoms with Gasteiger partial charge in [0, 0.05) is 21.9 Å². The van der Waals surface area contributed by atoms with Crippen molar-refractivity contribution in [1.82, 2.24) is 15.6 Å². The van der Waals surface area contributed by atoms with Gasteiger partial charge in [0.05, 0.1) is 10.7 Å². The maximum Gasteiger partial charge on any atom is 0.271 e. The highest BCUT2D eigenvalue weighted by Gasteiger charge is 2.08. The van der Waals surface area contributed by atoms with Crippen molar-refractivity contribution in [2.75, 3.05) is 0 Å². The normalized spacial score (nSPS) is 11.5. The number of amides is 1. The number of benzene rings is 2. The quantitative estimate of drug-likeness (QED) is 0.301. The third-order valence-corrected chi connectivity index (χ3v) is 6.32. The first-order chi connectivity index (χ1) is 13.4. The van der Waals surface area contributed by atoms with Gasteiger partial charge in [-0.15, -0.1) is 10.2 Å². The van der Waals surface area contributed by atoms with E-state index >= 15 is 0 Å². The highest BCUT2D eigenvalue weighted by molar-refractivity contribution is 8.00. The number of halogens is 2. The van der Waals surface area contributed by atoms with Crippen LogP contribution in [0.4, 0.5) is 0 Å². The Bertz CT molecular complexity index is 1020. The van der Waals surface area contributed by atoms with Gasteiger partial charge in [0.1, 0.15) is 5.01 Å². The van der Waals surface area contributed by atoms with Gasteiger partial charge in [0.15, 0.2) is 4.34 Å². The third-order valence-electron chi connectivity index (χ3n) is 3.73. The lowest BCUT2D eigenvalue weighted by molar-refractivity contribution is 0.0955. The summed E-state index contributed by atoms with van der Waals surface area (Å²) in [7, 11) is 0. The van der Waals surface area contributed by atoms with Crippen molar-refractivity contribution in [2.45, 2.75) is 23.9 Å². The lowest BCUT2D eigenvalue weighted by Gasteiger charge is -2.06. The summed E-state index contributed by atoms with van der Waals surface area (Å²) in [5, 5.41) is 14.2. The van der Waals surface area contributed by atoms with Crippen molar-refractivity contribution in [2.24, 2.45) is 5.10 Å². The molecular formula is C19H16Cl2N4OS2. The Hall–Kier alpha value is -1.93. The summed E-state index contributed by atoms with van der Waals surface area (Å²) in [5.74, 6) is 0.478. The number of aryl methyl sites for hydroxylation is 1. The maximum absolute atomic E-state index is 12.3. The van der Waals surface area contributed by atoms with Crippen LogP contribution < -0.4 is 5.43 Å². The van der Waals surface area contributed by atoms with Crippen LogP contribution >= 0.6 is 46.3 Å². The molecule has 1 heterocycles. The highest BCUT2D eigenvalue weighted by atomic mass is 35.5. The number of hydrogen-bond donors (Lipinski definition) is 1. The van der Waals surface area contributed by atoms with Gasteiger partial charge >= 0.3 is 0 Å². The number of aromatic nitrogens is 2. The Labute approximate surface area is 181 Å². The lowest BCUT2D eigenvalue weighted by atomic mass is 10.1. The summed E-state index contributed by atoms with van der Waals surface area (Å²) in [6.07, 6.45) is 0. The molecule has 28 heavy (non-hydrogen) atoms. The summed E-state index contributed by atoms with van der Waals surface area (Å²) < 4.78 is 0.935. The first-order valence-electron chi connectivity index (χ1n) is 8.24. The summed E-state index contributed by atoms with van der Waals surface area (Å²) in [5.41, 5.74) is 5.49. The molecular weight excluding hydrogens is 435 g/mol. The molecule has 0 spiro atoms. The van der Waals surface area contributed by atoms with Crippen molar-refractivity contribution in [1.29, 1.82) is 0 Å². The first-order valence-corrected chi connectivity index (χ1v) is 10.8. The lowest BCUT2D eigenvalue weighted by Crippen LogP contribution is -2.19. The smallest absolute Gasteiger partial charge is 0.267 e. The molecule has 0 atom stereocenters. The van der Waals surface area contributed by atoms with Crippen LogP contribution in [-0.2, 0) is 5.75 Å². The van der Waals surface area contributed by atoms with Gasteiger partial charge in [-0.2, -0.15) is 5.10 Å². The molecule has 3 rings (SSSR count). The Morgan fingerprint density at radius 1 is 1.18 bits per heavy atom. The van der Waals surface area contributed by atoms with E-state index in [1.54, 1.807) is 60.4 Å². The van der Waals surface area contributed by atoms with E-state index in [1.807, 2.05) is 19.1 Å². The average Bonchev–Trinajstić information content (AvgIpc) is 3.10. The van der Waals surface area contributed by atoms with Gasteiger partial charge in [-0.3, -0.25) is 4.79 Å². The van der Waals surface area contributed by atoms with Crippen LogP contribution in [0.2, 0.25) is 10.0 Å². The molecule has 9 heteroatoms. The standard InChI is InChI=1S/C19H16Cl2N4OS2/c1-11(16-8-7-15(20)9-17(16)21)22-24-18(26)14-5-3-13(4-6-14)10-27-19-25-23-12(2)28-19/h3-9H,10H2,1-2H3,(H,24,26). The molecule has 2 aromatic carbocycles. The molecule has 0 saturated heterocycles. The second-order valence-corrected chi connectivity index (χ2v) is 9.08. The van der Waals surface area contributed by atoms with Crippen LogP contribution in [0.25, 0.3) is 0 Å². The molecule has 0 aliphatic carbocycles. The van der Waals surface area contributed by atoms with Crippen molar-refractivity contribution < 1.29 is 4.79 Å². The minimum absolute atomic E-state index is 0.289. The number of nitrogens with one attached hydrogen (secondary N) is 1. The largest absolute Gasteiger partial charge is 0.271 e. The first kappa shape index (κ1) is 20.8. The number of hydrogen-bond acceptors (Lipinski definition) is 6. The summed E-state index contributed by atoms with van der Waals surface area (Å²) in [6.45, 7) is 3.70. The number of rotatable bonds is 6. The minimum Gasteiger partial charge on any atom is -0.267 e. The van der Waals surface area contributed by atoms with Gasteiger partial charge in [0.2, 0.25) is 0 Å². The van der Waals surface area contributed by atoms with E-state index in [0.29, 0.717) is 26.9 Å². The Balaban J connectivity index is 1.59. The number of carbonyl (C=O) groups excluding carboxylic acids is 1. The van der Waals surface area contributed by atoms with Crippen molar-refractivity contribution in [3.63, 3.8) is 0 Å². The monoisotopic (exact) mass is 450 g/mol. The zero-order chi connectivity index (χ0) is 20.1. The Morgan fingerprint density at radius 2 is 1.93 bits per heavy atom. The predicted octanol–water partition coefficient (Wildman–Crippen LogP) is 5.60. The third kappa shape index (κ3) is 5.54. The molecule has 1 N–H and O–H groups in total. The molecule has 0 bridgehead atoms. The average molecular weight is 451 g/mol. The van der Waals surface area contributed by atoms with Crippen molar-refractivity contribution in [3.8, 4) is 0 Å². The molecule has 0 saturated carbocycles. The fraction of sp³-hybridized carbons (Fsp3) is 0.158. The second kappa shape index (κ2) is 9.52. The van der Waals surface area contributed by atoms with E-state index in [2.05, 4.69) is 20.7 Å². The molecule has 5 nitrogen and oxygen atoms in total. The van der Waals surface area contributed by atoms with Gasteiger partial charge in [-0.05, 0) is 43.7 Å². The molecule has 0 aliphatic heterocycles. The molecule has 0 radical (unpaired) electrons. The highest BCUT2D eigenvalue weighted by Crippen LogP contribution is 2.25. The van der Waals surface area contributed by atoms with Crippen molar-refractivity contribution in [3.05, 3.63) is 74.2 Å². The molecule has 144 valence electrons. The van der Waals surface area contributed by atoms with Crippen molar-refractivity contribution >= 4 is 57.9 Å². The molecule has 0 unspecified atom stereocenters. The Kier molecular flexibility index (Phi) is 7.07. The maximum atomic E-state index is 12.3. The van der Waals surface area contributed by atoms with E-state index in [1.165, 1.54) is 0 Å². The number of thioether (sulfide) groups is 1. The molecule has 0 aliphatic rings. The summed E-state index contributed by atoms with van der Waals surface area (Å²) in [4.78, 5) is 12.3. The van der Waals surface area contributed by atoms with Gasteiger partial charge < -0.3 is 0 Å².